The van der Waals surface area contributed by atoms with Gasteiger partial charge in [0.1, 0.15) is 6.10 Å². The molecule has 1 aromatic carbocycles. The predicted molar refractivity (Wildman–Crippen MR) is 173 cm³/mol. The number of benzene rings is 1. The van der Waals surface area contributed by atoms with E-state index < -0.39 is 0 Å². The number of ether oxygens (including phenoxy) is 1. The van der Waals surface area contributed by atoms with Crippen LogP contribution in [0.1, 0.15) is 119 Å². The zero-order valence-corrected chi connectivity index (χ0v) is 27.8. The summed E-state index contributed by atoms with van der Waals surface area (Å²) in [4.78, 5) is 13.0. The third kappa shape index (κ3) is 4.55. The molecule has 4 nitrogen and oxygen atoms in total. The lowest BCUT2D eigenvalue weighted by molar-refractivity contribution is -0.169. The summed E-state index contributed by atoms with van der Waals surface area (Å²) < 4.78 is 6.16. The molecule has 234 valence electrons. The summed E-state index contributed by atoms with van der Waals surface area (Å²) in [6.07, 6.45) is 19.0. The summed E-state index contributed by atoms with van der Waals surface area (Å²) >= 11 is 0. The molecular weight excluding hydrogens is 532 g/mol. The number of rotatable bonds is 3. The molecule has 4 saturated carbocycles. The lowest BCUT2D eigenvalue weighted by Crippen LogP contribution is -2.61. The summed E-state index contributed by atoms with van der Waals surface area (Å²) in [6.45, 7) is 19.9. The Morgan fingerprint density at radius 1 is 0.837 bits per heavy atom. The molecular formula is C39H54O4. The predicted octanol–water partition coefficient (Wildman–Crippen LogP) is 9.76. The van der Waals surface area contributed by atoms with Crippen molar-refractivity contribution >= 4 is 12.0 Å². The van der Waals surface area contributed by atoms with Crippen LogP contribution in [0, 0.1) is 44.3 Å². The van der Waals surface area contributed by atoms with Gasteiger partial charge in [-0.25, -0.2) is 4.79 Å². The second-order valence-corrected chi connectivity index (χ2v) is 17.3. The molecule has 0 aromatic heterocycles. The van der Waals surface area contributed by atoms with Gasteiger partial charge in [0.2, 0.25) is 0 Å². The molecule has 0 amide bonds. The van der Waals surface area contributed by atoms with Gasteiger partial charge in [-0.2, -0.15) is 0 Å². The Labute approximate surface area is 259 Å². The number of hydrogen-bond donors (Lipinski definition) is 2. The van der Waals surface area contributed by atoms with Crippen LogP contribution in [0.3, 0.4) is 0 Å². The van der Waals surface area contributed by atoms with Crippen LogP contribution in [-0.2, 0) is 9.53 Å². The standard InChI is InChI=1S/C39H54O4/c1-34(2)19-20-36(5)21-22-38(7)26(27(36)24-34)11-13-31-37(6)17-16-32(35(3,4)30(37)15-18-39(31,38)8)43-33(42)14-10-25-9-12-28(40)29(41)23-25/h9-14,23,27,30,32,40-41H,15-22,24H2,1-8H3/b14-10+/t27-,30-,32-,36+,37-,38+,39+/m0/s1. The Kier molecular flexibility index (Phi) is 6.93. The number of hydrogen-bond acceptors (Lipinski definition) is 4. The van der Waals surface area contributed by atoms with E-state index in [1.54, 1.807) is 23.3 Å². The topological polar surface area (TPSA) is 66.8 Å². The molecule has 7 atom stereocenters. The highest BCUT2D eigenvalue weighted by atomic mass is 16.5. The first-order chi connectivity index (χ1) is 20.0. The maximum atomic E-state index is 13.0. The minimum Gasteiger partial charge on any atom is -0.504 e. The minimum absolute atomic E-state index is 0.0798. The van der Waals surface area contributed by atoms with Gasteiger partial charge in [-0.15, -0.1) is 0 Å². The fourth-order valence-electron chi connectivity index (χ4n) is 11.0. The fraction of sp³-hybridized carbons (Fsp3) is 0.667. The smallest absolute Gasteiger partial charge is 0.331 e. The van der Waals surface area contributed by atoms with Crippen LogP contribution in [0.4, 0.5) is 0 Å². The van der Waals surface area contributed by atoms with Gasteiger partial charge < -0.3 is 14.9 Å². The molecule has 0 bridgehead atoms. The van der Waals surface area contributed by atoms with Crippen molar-refractivity contribution in [1.29, 1.82) is 0 Å². The lowest BCUT2D eigenvalue weighted by atomic mass is 9.36. The van der Waals surface area contributed by atoms with Gasteiger partial charge in [-0.05, 0) is 120 Å². The first-order valence-corrected chi connectivity index (χ1v) is 16.8. The molecule has 0 spiro atoms. The number of phenolic OH excluding ortho intramolecular Hbond substituents is 2. The Hall–Kier alpha value is -2.49. The SMILES string of the molecule is CC1(C)CC[C@]2(C)CC[C@]3(C)C(=CC=C4[C@@]5(C)CC[C@H](OC(=O)/C=C/c6ccc(O)c(O)c6)C(C)(C)[C@@H]5CC[C@]43C)[C@@H]2C1. The number of phenols is 2. The first-order valence-electron chi connectivity index (χ1n) is 16.8. The van der Waals surface area contributed by atoms with Crippen molar-refractivity contribution in [3.8, 4) is 11.5 Å². The van der Waals surface area contributed by atoms with Crippen LogP contribution in [0.5, 0.6) is 11.5 Å². The number of carbonyl (C=O) groups excluding carboxylic acids is 1. The maximum absolute atomic E-state index is 13.0. The average molecular weight is 587 g/mol. The molecule has 43 heavy (non-hydrogen) atoms. The largest absolute Gasteiger partial charge is 0.504 e. The molecule has 1 aromatic rings. The second-order valence-electron chi connectivity index (χ2n) is 17.3. The number of aromatic hydroxyl groups is 2. The van der Waals surface area contributed by atoms with E-state index >= 15 is 0 Å². The van der Waals surface area contributed by atoms with Gasteiger partial charge >= 0.3 is 5.97 Å². The fourth-order valence-corrected chi connectivity index (χ4v) is 11.0. The second kappa shape index (κ2) is 9.75. The molecule has 0 saturated heterocycles. The van der Waals surface area contributed by atoms with Crippen molar-refractivity contribution in [3.63, 3.8) is 0 Å². The van der Waals surface area contributed by atoms with Crippen molar-refractivity contribution in [1.82, 2.24) is 0 Å². The van der Waals surface area contributed by atoms with Crippen molar-refractivity contribution in [2.24, 2.45) is 44.3 Å². The zero-order valence-electron chi connectivity index (χ0n) is 27.8. The number of esters is 1. The van der Waals surface area contributed by atoms with E-state index in [0.29, 0.717) is 28.2 Å². The molecule has 6 rings (SSSR count). The molecule has 4 heteroatoms. The molecule has 0 radical (unpaired) electrons. The molecule has 2 N–H and O–H groups in total. The van der Waals surface area contributed by atoms with Crippen molar-refractivity contribution in [2.45, 2.75) is 119 Å². The Balaban J connectivity index is 1.26. The monoisotopic (exact) mass is 586 g/mol. The van der Waals surface area contributed by atoms with E-state index in [-0.39, 0.29) is 45.2 Å². The van der Waals surface area contributed by atoms with Crippen LogP contribution in [0.15, 0.2) is 47.6 Å². The Bertz CT molecular complexity index is 1410. The number of carbonyl (C=O) groups is 1. The van der Waals surface area contributed by atoms with E-state index in [9.17, 15) is 15.0 Å². The van der Waals surface area contributed by atoms with Gasteiger partial charge in [0.25, 0.3) is 0 Å². The van der Waals surface area contributed by atoms with Gasteiger partial charge in [-0.1, -0.05) is 84.8 Å². The molecule has 0 heterocycles. The summed E-state index contributed by atoms with van der Waals surface area (Å²) in [6, 6.07) is 4.52. The third-order valence-corrected chi connectivity index (χ3v) is 14.1. The van der Waals surface area contributed by atoms with E-state index in [1.165, 1.54) is 56.7 Å². The molecule has 5 aliphatic carbocycles. The highest BCUT2D eigenvalue weighted by Gasteiger charge is 2.66. The van der Waals surface area contributed by atoms with Crippen molar-refractivity contribution in [3.05, 3.63) is 53.1 Å². The lowest BCUT2D eigenvalue weighted by Gasteiger charge is -2.68. The van der Waals surface area contributed by atoms with Gasteiger partial charge in [0.05, 0.1) is 0 Å². The van der Waals surface area contributed by atoms with Crippen LogP contribution in [0.2, 0.25) is 0 Å². The molecule has 0 unspecified atom stereocenters. The highest BCUT2D eigenvalue weighted by Crippen LogP contribution is 2.74. The van der Waals surface area contributed by atoms with Crippen molar-refractivity contribution < 1.29 is 19.7 Å². The third-order valence-electron chi connectivity index (χ3n) is 14.1. The van der Waals surface area contributed by atoms with Crippen LogP contribution in [-0.4, -0.2) is 22.3 Å². The summed E-state index contributed by atoms with van der Waals surface area (Å²) in [7, 11) is 0. The van der Waals surface area contributed by atoms with E-state index in [4.69, 9.17) is 4.74 Å². The van der Waals surface area contributed by atoms with Gasteiger partial charge in [0, 0.05) is 11.5 Å². The van der Waals surface area contributed by atoms with Gasteiger partial charge in [-0.3, -0.25) is 0 Å². The highest BCUT2D eigenvalue weighted by molar-refractivity contribution is 5.87. The summed E-state index contributed by atoms with van der Waals surface area (Å²) in [5.41, 5.74) is 5.18. The Morgan fingerprint density at radius 3 is 2.28 bits per heavy atom. The molecule has 0 aliphatic heterocycles. The summed E-state index contributed by atoms with van der Waals surface area (Å²) in [5.74, 6) is 0.381. The molecule has 5 aliphatic rings. The Morgan fingerprint density at radius 2 is 1.56 bits per heavy atom. The number of allylic oxidation sites excluding steroid dienone is 4. The van der Waals surface area contributed by atoms with Crippen LogP contribution < -0.4 is 0 Å². The molecule has 4 fully saturated rings. The van der Waals surface area contributed by atoms with E-state index in [0.717, 1.165) is 19.3 Å². The van der Waals surface area contributed by atoms with Crippen molar-refractivity contribution in [2.75, 3.05) is 0 Å². The van der Waals surface area contributed by atoms with Gasteiger partial charge in [0.15, 0.2) is 11.5 Å². The van der Waals surface area contributed by atoms with E-state index in [1.807, 2.05) is 0 Å². The normalized spacial score (nSPS) is 41.2. The zero-order chi connectivity index (χ0) is 31.2. The average Bonchev–Trinajstić information content (AvgIpc) is 2.92. The van der Waals surface area contributed by atoms with E-state index in [2.05, 4.69) is 67.5 Å². The van der Waals surface area contributed by atoms with Crippen LogP contribution in [0.25, 0.3) is 6.08 Å². The minimum atomic E-state index is -0.354. The number of fused-ring (bicyclic) bond motifs is 7. The first kappa shape index (κ1) is 30.5. The van der Waals surface area contributed by atoms with Crippen LogP contribution >= 0.6 is 0 Å². The summed E-state index contributed by atoms with van der Waals surface area (Å²) in [5, 5.41) is 19.4. The maximum Gasteiger partial charge on any atom is 0.331 e. The quantitative estimate of drug-likeness (QED) is 0.210.